The summed E-state index contributed by atoms with van der Waals surface area (Å²) in [5, 5.41) is 2.94. The number of methoxy groups -OCH3 is 1. The molecular formula is C26H27FN4O4. The number of nitrogens with zero attached hydrogens (tertiary/aromatic N) is 3. The molecule has 182 valence electrons. The normalized spacial score (nSPS) is 18.1. The van der Waals surface area contributed by atoms with Crippen molar-refractivity contribution in [3.63, 3.8) is 0 Å². The summed E-state index contributed by atoms with van der Waals surface area (Å²) in [7, 11) is 1.57. The number of hydrogen-bond acceptors (Lipinski definition) is 5. The van der Waals surface area contributed by atoms with Gasteiger partial charge in [-0.2, -0.15) is 0 Å². The number of anilines is 1. The first-order chi connectivity index (χ1) is 17.0. The molecule has 2 aliphatic heterocycles. The molecule has 0 aliphatic carbocycles. The van der Waals surface area contributed by atoms with E-state index in [1.807, 2.05) is 16.7 Å². The Morgan fingerprint density at radius 3 is 2.60 bits per heavy atom. The number of para-hydroxylation sites is 2. The van der Waals surface area contributed by atoms with Gasteiger partial charge in [-0.3, -0.25) is 9.59 Å². The van der Waals surface area contributed by atoms with Gasteiger partial charge in [0, 0.05) is 19.0 Å². The Bertz CT molecular complexity index is 1220. The number of aromatic nitrogens is 2. The number of imidazole rings is 1. The number of halogens is 1. The Balaban J connectivity index is 1.19. The Hall–Kier alpha value is -3.72. The van der Waals surface area contributed by atoms with E-state index in [1.165, 1.54) is 12.1 Å². The molecule has 0 saturated carbocycles. The van der Waals surface area contributed by atoms with Gasteiger partial charge in [-0.25, -0.2) is 9.37 Å². The number of fused-ring (bicyclic) bond motifs is 1. The molecule has 2 amide bonds. The second-order valence-electron chi connectivity index (χ2n) is 8.80. The van der Waals surface area contributed by atoms with Crippen molar-refractivity contribution < 1.29 is 23.5 Å². The summed E-state index contributed by atoms with van der Waals surface area (Å²) in [6, 6.07) is 13.5. The van der Waals surface area contributed by atoms with E-state index < -0.39 is 0 Å². The lowest BCUT2D eigenvalue weighted by Gasteiger charge is -2.31. The van der Waals surface area contributed by atoms with Gasteiger partial charge in [-0.05, 0) is 42.7 Å². The van der Waals surface area contributed by atoms with Crippen LogP contribution in [0.25, 0.3) is 0 Å². The first-order valence-electron chi connectivity index (χ1n) is 11.7. The number of amides is 2. The number of carbonyl (C=O) groups is 2. The summed E-state index contributed by atoms with van der Waals surface area (Å²) in [5.74, 6) is -0.0734. The van der Waals surface area contributed by atoms with E-state index >= 15 is 0 Å². The fourth-order valence-corrected chi connectivity index (χ4v) is 4.66. The fraction of sp³-hybridized carbons (Fsp3) is 0.346. The molecule has 0 bridgehead atoms. The van der Waals surface area contributed by atoms with Gasteiger partial charge in [0.25, 0.3) is 5.91 Å². The second-order valence-corrected chi connectivity index (χ2v) is 8.80. The molecule has 9 heteroatoms. The van der Waals surface area contributed by atoms with E-state index in [-0.39, 0.29) is 36.3 Å². The minimum Gasteiger partial charge on any atom is -0.495 e. The van der Waals surface area contributed by atoms with Crippen molar-refractivity contribution in [2.45, 2.75) is 32.1 Å². The number of piperidine rings is 1. The zero-order valence-electron chi connectivity index (χ0n) is 19.4. The van der Waals surface area contributed by atoms with Crippen LogP contribution < -0.4 is 10.1 Å². The van der Waals surface area contributed by atoms with E-state index in [0.717, 1.165) is 11.3 Å². The first kappa shape index (κ1) is 23.0. The third kappa shape index (κ3) is 4.77. The van der Waals surface area contributed by atoms with Gasteiger partial charge >= 0.3 is 0 Å². The highest BCUT2D eigenvalue weighted by atomic mass is 19.1. The van der Waals surface area contributed by atoms with Gasteiger partial charge < -0.3 is 24.3 Å². The molecule has 3 aromatic rings. The Morgan fingerprint density at radius 1 is 1.11 bits per heavy atom. The third-order valence-electron chi connectivity index (χ3n) is 6.69. The van der Waals surface area contributed by atoms with Crippen LogP contribution in [0.1, 0.15) is 40.7 Å². The lowest BCUT2D eigenvalue weighted by Crippen LogP contribution is -2.42. The number of nitrogens with one attached hydrogen (secondary N) is 1. The van der Waals surface area contributed by atoms with Gasteiger partial charge in [0.15, 0.2) is 5.69 Å². The summed E-state index contributed by atoms with van der Waals surface area (Å²) >= 11 is 0. The molecule has 1 N–H and O–H groups in total. The molecule has 0 unspecified atom stereocenters. The lowest BCUT2D eigenvalue weighted by atomic mass is 9.95. The summed E-state index contributed by atoms with van der Waals surface area (Å²) in [6.45, 7) is 1.72. The van der Waals surface area contributed by atoms with Crippen LogP contribution in [0.2, 0.25) is 0 Å². The first-order valence-corrected chi connectivity index (χ1v) is 11.7. The summed E-state index contributed by atoms with van der Waals surface area (Å²) in [4.78, 5) is 32.1. The number of carbonyl (C=O) groups excluding carboxylic acids is 2. The van der Waals surface area contributed by atoms with Crippen molar-refractivity contribution >= 4 is 17.5 Å². The molecule has 2 aliphatic rings. The van der Waals surface area contributed by atoms with Crippen LogP contribution in [-0.2, 0) is 22.7 Å². The number of likely N-dealkylation sites (tertiary alicyclic amines) is 1. The zero-order chi connectivity index (χ0) is 24.4. The summed E-state index contributed by atoms with van der Waals surface area (Å²) in [5.41, 5.74) is 2.65. The van der Waals surface area contributed by atoms with Crippen molar-refractivity contribution in [1.82, 2.24) is 14.5 Å². The van der Waals surface area contributed by atoms with Gasteiger partial charge in [-0.15, -0.1) is 0 Å². The van der Waals surface area contributed by atoms with Crippen LogP contribution in [0.3, 0.4) is 0 Å². The smallest absolute Gasteiger partial charge is 0.274 e. The van der Waals surface area contributed by atoms with Crippen molar-refractivity contribution in [3.05, 3.63) is 77.6 Å². The monoisotopic (exact) mass is 478 g/mol. The average molecular weight is 479 g/mol. The molecule has 8 nitrogen and oxygen atoms in total. The number of hydrogen-bond donors (Lipinski definition) is 1. The van der Waals surface area contributed by atoms with Crippen molar-refractivity contribution in [3.8, 4) is 5.75 Å². The van der Waals surface area contributed by atoms with Crippen LogP contribution in [0.15, 0.2) is 54.9 Å². The molecule has 1 saturated heterocycles. The average Bonchev–Trinajstić information content (AvgIpc) is 3.32. The van der Waals surface area contributed by atoms with E-state index in [1.54, 1.807) is 42.6 Å². The molecule has 35 heavy (non-hydrogen) atoms. The molecule has 5 rings (SSSR count). The van der Waals surface area contributed by atoms with Gasteiger partial charge in [0.2, 0.25) is 5.91 Å². The zero-order valence-corrected chi connectivity index (χ0v) is 19.4. The van der Waals surface area contributed by atoms with E-state index in [4.69, 9.17) is 9.47 Å². The number of ether oxygens (including phenoxy) is 2. The van der Waals surface area contributed by atoms with Gasteiger partial charge in [-0.1, -0.05) is 24.3 Å². The van der Waals surface area contributed by atoms with Crippen molar-refractivity contribution in [2.24, 2.45) is 5.92 Å². The van der Waals surface area contributed by atoms with Crippen LogP contribution in [0.5, 0.6) is 5.75 Å². The highest BCUT2D eigenvalue weighted by Gasteiger charge is 2.32. The Morgan fingerprint density at radius 2 is 1.86 bits per heavy atom. The summed E-state index contributed by atoms with van der Waals surface area (Å²) in [6.07, 6.45) is 2.59. The van der Waals surface area contributed by atoms with E-state index in [9.17, 15) is 14.0 Å². The van der Waals surface area contributed by atoms with E-state index in [2.05, 4.69) is 10.3 Å². The molecule has 1 atom stereocenters. The molecule has 2 aromatic carbocycles. The van der Waals surface area contributed by atoms with E-state index in [0.29, 0.717) is 49.6 Å². The minimum atomic E-state index is -0.290. The van der Waals surface area contributed by atoms with Crippen molar-refractivity contribution in [2.75, 3.05) is 25.5 Å². The highest BCUT2D eigenvalue weighted by molar-refractivity contribution is 5.95. The molecular weight excluding hydrogens is 451 g/mol. The fourth-order valence-electron chi connectivity index (χ4n) is 4.66. The van der Waals surface area contributed by atoms with Crippen molar-refractivity contribution in [1.29, 1.82) is 0 Å². The lowest BCUT2D eigenvalue weighted by molar-refractivity contribution is -0.121. The standard InChI is InChI=1S/C26H27FN4O4/c1-34-22-5-3-2-4-20(22)29-25(32)18-10-12-30(13-11-18)26(33)24-21-15-35-23(14-31(21)16-28-24)17-6-8-19(27)9-7-17/h2-9,16,18,23H,10-15H2,1H3,(H,29,32)/t23-/m1/s1. The van der Waals surface area contributed by atoms with Crippen LogP contribution >= 0.6 is 0 Å². The third-order valence-corrected chi connectivity index (χ3v) is 6.69. The summed E-state index contributed by atoms with van der Waals surface area (Å²) < 4.78 is 26.4. The number of benzene rings is 2. The Kier molecular flexibility index (Phi) is 6.50. The topological polar surface area (TPSA) is 85.7 Å². The van der Waals surface area contributed by atoms with Crippen LogP contribution in [0, 0.1) is 11.7 Å². The van der Waals surface area contributed by atoms with Crippen LogP contribution in [0.4, 0.5) is 10.1 Å². The molecule has 1 fully saturated rings. The highest BCUT2D eigenvalue weighted by Crippen LogP contribution is 2.30. The SMILES string of the molecule is COc1ccccc1NC(=O)C1CCN(C(=O)c2ncn3c2CO[C@@H](c2ccc(F)cc2)C3)CC1. The maximum absolute atomic E-state index is 13.2. The van der Waals surface area contributed by atoms with Gasteiger partial charge in [0.1, 0.15) is 17.7 Å². The number of rotatable bonds is 5. The maximum atomic E-state index is 13.2. The van der Waals surface area contributed by atoms with Crippen LogP contribution in [-0.4, -0.2) is 46.5 Å². The largest absolute Gasteiger partial charge is 0.495 e. The predicted octanol–water partition coefficient (Wildman–Crippen LogP) is 3.79. The molecule has 3 heterocycles. The quantitative estimate of drug-likeness (QED) is 0.603. The molecule has 0 spiro atoms. The minimum absolute atomic E-state index is 0.0683. The second kappa shape index (κ2) is 9.87. The van der Waals surface area contributed by atoms with Gasteiger partial charge in [0.05, 0.1) is 38.0 Å². The molecule has 0 radical (unpaired) electrons. The molecule has 1 aromatic heterocycles. The Labute approximate surface area is 202 Å². The maximum Gasteiger partial charge on any atom is 0.274 e. The predicted molar refractivity (Wildman–Crippen MR) is 126 cm³/mol.